The Balaban J connectivity index is 2.26. The van der Waals surface area contributed by atoms with Crippen molar-refractivity contribution >= 4 is 11.7 Å². The lowest BCUT2D eigenvalue weighted by Gasteiger charge is -2.04. The Hall–Kier alpha value is -2.84. The van der Waals surface area contributed by atoms with Crippen LogP contribution < -0.4 is 0 Å². The molecule has 0 unspecified atom stereocenters. The molecule has 0 bridgehead atoms. The fourth-order valence-electron chi connectivity index (χ4n) is 1.89. The molecular weight excluding hydrogens is 278 g/mol. The molecule has 2 rings (SSSR count). The number of aryl methyl sites for hydroxylation is 2. The number of aromatic nitrogens is 4. The fraction of sp³-hybridized carbons (Fsp3) is 0.333. The first-order valence-corrected chi connectivity index (χ1v) is 6.22. The summed E-state index contributed by atoms with van der Waals surface area (Å²) in [6.07, 6.45) is 0.384. The van der Waals surface area contributed by atoms with Crippen LogP contribution in [0.1, 0.15) is 18.4 Å². The highest BCUT2D eigenvalue weighted by atomic mass is 16.6. The van der Waals surface area contributed by atoms with E-state index in [-0.39, 0.29) is 12.1 Å². The molecule has 1 N–H and O–H groups in total. The zero-order chi connectivity index (χ0) is 15.4. The van der Waals surface area contributed by atoms with Crippen molar-refractivity contribution < 1.29 is 14.8 Å². The van der Waals surface area contributed by atoms with Gasteiger partial charge in [-0.25, -0.2) is 4.68 Å². The van der Waals surface area contributed by atoms with Crippen LogP contribution in [0, 0.1) is 17.0 Å². The summed E-state index contributed by atoms with van der Waals surface area (Å²) in [5.41, 5.74) is 1.06. The number of carboxylic acids is 1. The van der Waals surface area contributed by atoms with E-state index in [1.807, 2.05) is 0 Å². The molecule has 1 aromatic heterocycles. The molecule has 0 saturated carbocycles. The summed E-state index contributed by atoms with van der Waals surface area (Å²) in [5, 5.41) is 30.7. The lowest BCUT2D eigenvalue weighted by atomic mass is 10.1. The molecule has 1 heterocycles. The van der Waals surface area contributed by atoms with Crippen molar-refractivity contribution in [2.75, 3.05) is 0 Å². The zero-order valence-electron chi connectivity index (χ0n) is 11.3. The first-order valence-electron chi connectivity index (χ1n) is 6.22. The summed E-state index contributed by atoms with van der Waals surface area (Å²) in [5.74, 6) is -0.515. The van der Waals surface area contributed by atoms with Gasteiger partial charge in [-0.15, -0.1) is 5.10 Å². The standard InChI is InChI=1S/C12H13N5O4/c1-8-4-5-9(7-10(8)17(20)21)12-13-14-15-16(12)6-2-3-11(18)19/h4-5,7H,2-3,6H2,1H3,(H,18,19). The van der Waals surface area contributed by atoms with Crippen molar-refractivity contribution in [3.05, 3.63) is 33.9 Å². The van der Waals surface area contributed by atoms with Crippen LogP contribution in [-0.4, -0.2) is 36.2 Å². The summed E-state index contributed by atoms with van der Waals surface area (Å²) < 4.78 is 1.44. The minimum absolute atomic E-state index is 0.00686. The maximum Gasteiger partial charge on any atom is 0.303 e. The molecule has 0 amide bonds. The third-order valence-electron chi connectivity index (χ3n) is 2.96. The van der Waals surface area contributed by atoms with Gasteiger partial charge in [0.1, 0.15) is 0 Å². The maximum atomic E-state index is 11.0. The van der Waals surface area contributed by atoms with Crippen LogP contribution in [-0.2, 0) is 11.3 Å². The van der Waals surface area contributed by atoms with E-state index in [1.54, 1.807) is 19.1 Å². The van der Waals surface area contributed by atoms with E-state index >= 15 is 0 Å². The van der Waals surface area contributed by atoms with Crippen LogP contribution >= 0.6 is 0 Å². The molecule has 2 aromatic rings. The molecule has 0 aliphatic carbocycles. The fourth-order valence-corrected chi connectivity index (χ4v) is 1.89. The molecule has 0 radical (unpaired) electrons. The van der Waals surface area contributed by atoms with E-state index in [4.69, 9.17) is 5.11 Å². The van der Waals surface area contributed by atoms with Crippen LogP contribution in [0.3, 0.4) is 0 Å². The second-order valence-corrected chi connectivity index (χ2v) is 4.48. The number of hydrogen-bond donors (Lipinski definition) is 1. The van der Waals surface area contributed by atoms with Gasteiger partial charge in [-0.05, 0) is 23.8 Å². The number of nitro groups is 1. The van der Waals surface area contributed by atoms with Crippen molar-refractivity contribution in [1.29, 1.82) is 0 Å². The van der Waals surface area contributed by atoms with E-state index in [0.717, 1.165) is 0 Å². The molecule has 21 heavy (non-hydrogen) atoms. The van der Waals surface area contributed by atoms with Gasteiger partial charge in [0, 0.05) is 30.2 Å². The van der Waals surface area contributed by atoms with Gasteiger partial charge >= 0.3 is 5.97 Å². The predicted octanol–water partition coefficient (Wildman–Crippen LogP) is 1.42. The number of hydrogen-bond acceptors (Lipinski definition) is 6. The van der Waals surface area contributed by atoms with Gasteiger partial charge in [0.2, 0.25) is 0 Å². The van der Waals surface area contributed by atoms with Crippen molar-refractivity contribution in [1.82, 2.24) is 20.2 Å². The number of nitrogens with zero attached hydrogens (tertiary/aromatic N) is 5. The molecule has 0 fully saturated rings. The first-order chi connectivity index (χ1) is 9.99. The summed E-state index contributed by atoms with van der Waals surface area (Å²) >= 11 is 0. The van der Waals surface area contributed by atoms with E-state index in [2.05, 4.69) is 15.5 Å². The summed E-state index contributed by atoms with van der Waals surface area (Å²) in [6.45, 7) is 1.98. The first kappa shape index (κ1) is 14.6. The van der Waals surface area contributed by atoms with Gasteiger partial charge in [0.05, 0.1) is 4.92 Å². The SMILES string of the molecule is Cc1ccc(-c2nnnn2CCCC(=O)O)cc1[N+](=O)[O-]. The monoisotopic (exact) mass is 291 g/mol. The van der Waals surface area contributed by atoms with Crippen LogP contribution in [0.5, 0.6) is 0 Å². The normalized spacial score (nSPS) is 10.5. The van der Waals surface area contributed by atoms with Crippen LogP contribution in [0.2, 0.25) is 0 Å². The molecule has 0 aliphatic heterocycles. The minimum Gasteiger partial charge on any atom is -0.481 e. The van der Waals surface area contributed by atoms with Crippen LogP contribution in [0.15, 0.2) is 18.2 Å². The van der Waals surface area contributed by atoms with Gasteiger partial charge in [0.25, 0.3) is 5.69 Å². The van der Waals surface area contributed by atoms with Gasteiger partial charge in [0.15, 0.2) is 5.82 Å². The highest BCUT2D eigenvalue weighted by Gasteiger charge is 2.15. The lowest BCUT2D eigenvalue weighted by molar-refractivity contribution is -0.385. The summed E-state index contributed by atoms with van der Waals surface area (Å²) in [4.78, 5) is 21.0. The second kappa shape index (κ2) is 6.07. The maximum absolute atomic E-state index is 11.0. The van der Waals surface area contributed by atoms with Gasteiger partial charge in [-0.1, -0.05) is 12.1 Å². The smallest absolute Gasteiger partial charge is 0.303 e. The topological polar surface area (TPSA) is 124 Å². The second-order valence-electron chi connectivity index (χ2n) is 4.48. The highest BCUT2D eigenvalue weighted by molar-refractivity contribution is 5.66. The Labute approximate surface area is 119 Å². The van der Waals surface area contributed by atoms with Crippen molar-refractivity contribution in [3.63, 3.8) is 0 Å². The highest BCUT2D eigenvalue weighted by Crippen LogP contribution is 2.25. The van der Waals surface area contributed by atoms with E-state index in [1.165, 1.54) is 10.7 Å². The number of aliphatic carboxylic acids is 1. The summed E-state index contributed by atoms with van der Waals surface area (Å²) in [7, 11) is 0. The van der Waals surface area contributed by atoms with Gasteiger partial charge in [-0.3, -0.25) is 14.9 Å². The molecule has 110 valence electrons. The number of tetrazole rings is 1. The lowest BCUT2D eigenvalue weighted by Crippen LogP contribution is -2.06. The van der Waals surface area contributed by atoms with Crippen molar-refractivity contribution in [2.24, 2.45) is 0 Å². The van der Waals surface area contributed by atoms with Crippen molar-refractivity contribution in [2.45, 2.75) is 26.3 Å². The van der Waals surface area contributed by atoms with Gasteiger partial charge < -0.3 is 5.11 Å². The van der Waals surface area contributed by atoms with Crippen LogP contribution in [0.4, 0.5) is 5.69 Å². The Morgan fingerprint density at radius 3 is 2.90 bits per heavy atom. The predicted molar refractivity (Wildman–Crippen MR) is 71.5 cm³/mol. The van der Waals surface area contributed by atoms with Gasteiger partial charge in [-0.2, -0.15) is 0 Å². The quantitative estimate of drug-likeness (QED) is 0.630. The Kier molecular flexibility index (Phi) is 4.21. The Morgan fingerprint density at radius 2 is 2.24 bits per heavy atom. The molecule has 0 saturated heterocycles. The Bertz CT molecular complexity index is 682. The Morgan fingerprint density at radius 1 is 1.48 bits per heavy atom. The van der Waals surface area contributed by atoms with Crippen LogP contribution in [0.25, 0.3) is 11.4 Å². The molecule has 0 aliphatic rings. The number of benzene rings is 1. The number of carbonyl (C=O) groups is 1. The molecular formula is C12H13N5O4. The molecule has 9 nitrogen and oxygen atoms in total. The average molecular weight is 291 g/mol. The molecule has 9 heteroatoms. The third-order valence-corrected chi connectivity index (χ3v) is 2.96. The molecule has 1 aromatic carbocycles. The van der Waals surface area contributed by atoms with Crippen molar-refractivity contribution in [3.8, 4) is 11.4 Å². The average Bonchev–Trinajstić information content (AvgIpc) is 2.87. The zero-order valence-corrected chi connectivity index (χ0v) is 11.3. The van der Waals surface area contributed by atoms with E-state index in [9.17, 15) is 14.9 Å². The van der Waals surface area contributed by atoms with E-state index in [0.29, 0.717) is 29.9 Å². The summed E-state index contributed by atoms with van der Waals surface area (Å²) in [6, 6.07) is 4.74. The number of rotatable bonds is 6. The molecule has 0 atom stereocenters. The third kappa shape index (κ3) is 3.38. The number of carboxylic acid groups (broad SMARTS) is 1. The van der Waals surface area contributed by atoms with E-state index < -0.39 is 10.9 Å². The number of nitro benzene ring substituents is 1. The largest absolute Gasteiger partial charge is 0.481 e. The molecule has 0 spiro atoms. The minimum atomic E-state index is -0.893.